The fourth-order valence-electron chi connectivity index (χ4n) is 1.94. The molecule has 7 heteroatoms. The number of nitrogens with zero attached hydrogens (tertiary/aromatic N) is 1. The number of anilines is 1. The van der Waals surface area contributed by atoms with Gasteiger partial charge in [0.1, 0.15) is 5.82 Å². The largest absolute Gasteiger partial charge is 0.325 e. The second-order valence-corrected chi connectivity index (χ2v) is 4.54. The van der Waals surface area contributed by atoms with E-state index in [4.69, 9.17) is 0 Å². The van der Waals surface area contributed by atoms with Crippen LogP contribution in [0, 0.1) is 12.7 Å². The Kier molecular flexibility index (Phi) is 8.73. The van der Waals surface area contributed by atoms with Crippen molar-refractivity contribution in [1.29, 1.82) is 0 Å². The Balaban J connectivity index is 0.00000180. The third kappa shape index (κ3) is 5.63. The van der Waals surface area contributed by atoms with Crippen molar-refractivity contribution >= 4 is 36.4 Å². The molecule has 1 aliphatic heterocycles. The number of nitrogens with one attached hydrogen (secondary N) is 2. The summed E-state index contributed by atoms with van der Waals surface area (Å²) < 4.78 is 13.3. The van der Waals surface area contributed by atoms with Gasteiger partial charge in [-0.15, -0.1) is 24.8 Å². The van der Waals surface area contributed by atoms with Crippen LogP contribution in [-0.4, -0.2) is 43.5 Å². The van der Waals surface area contributed by atoms with E-state index in [1.807, 2.05) is 0 Å². The van der Waals surface area contributed by atoms with Crippen LogP contribution < -0.4 is 10.6 Å². The normalized spacial score (nSPS) is 14.9. The Bertz CT molecular complexity index is 440. The highest BCUT2D eigenvalue weighted by Gasteiger charge is 2.13. The van der Waals surface area contributed by atoms with Gasteiger partial charge in [-0.1, -0.05) is 6.07 Å². The second-order valence-electron chi connectivity index (χ2n) is 4.54. The van der Waals surface area contributed by atoms with E-state index in [0.717, 1.165) is 26.2 Å². The number of piperazine rings is 1. The third-order valence-corrected chi connectivity index (χ3v) is 3.03. The number of carbonyl (C=O) groups excluding carboxylic acids is 1. The topological polar surface area (TPSA) is 44.4 Å². The second kappa shape index (κ2) is 9.13. The molecule has 0 radical (unpaired) electrons. The molecule has 0 aromatic heterocycles. The number of hydrogen-bond acceptors (Lipinski definition) is 3. The molecule has 1 amide bonds. The number of rotatable bonds is 3. The lowest BCUT2D eigenvalue weighted by atomic mass is 10.2. The van der Waals surface area contributed by atoms with E-state index in [1.165, 1.54) is 6.07 Å². The van der Waals surface area contributed by atoms with E-state index in [0.29, 0.717) is 17.8 Å². The molecule has 4 nitrogen and oxygen atoms in total. The lowest BCUT2D eigenvalue weighted by Crippen LogP contribution is -2.46. The number of hydrogen-bond donors (Lipinski definition) is 2. The van der Waals surface area contributed by atoms with Gasteiger partial charge in [0, 0.05) is 31.9 Å². The van der Waals surface area contributed by atoms with Crippen LogP contribution in [-0.2, 0) is 4.79 Å². The first kappa shape index (κ1) is 19.1. The molecule has 1 aromatic rings. The van der Waals surface area contributed by atoms with Gasteiger partial charge in [-0.05, 0) is 24.6 Å². The molecular formula is C13H20Cl2FN3O. The Hall–Kier alpha value is -0.880. The molecule has 1 heterocycles. The Morgan fingerprint density at radius 1 is 1.35 bits per heavy atom. The lowest BCUT2D eigenvalue weighted by molar-refractivity contribution is -0.117. The quantitative estimate of drug-likeness (QED) is 0.891. The molecule has 114 valence electrons. The fourth-order valence-corrected chi connectivity index (χ4v) is 1.94. The minimum Gasteiger partial charge on any atom is -0.325 e. The third-order valence-electron chi connectivity index (χ3n) is 3.03. The standard InChI is InChI=1S/C13H18FN3O.2ClH/c1-10-2-3-11(8-12(10)14)16-13(18)9-17-6-4-15-5-7-17;;/h2-3,8,15H,4-7,9H2,1H3,(H,16,18);2*1H. The predicted octanol–water partition coefficient (Wildman–Crippen LogP) is 1.82. The van der Waals surface area contributed by atoms with Crippen molar-refractivity contribution in [2.24, 2.45) is 0 Å². The van der Waals surface area contributed by atoms with Gasteiger partial charge >= 0.3 is 0 Å². The average Bonchev–Trinajstić information content (AvgIpc) is 2.35. The number of benzene rings is 1. The number of aryl methyl sites for hydroxylation is 1. The maximum atomic E-state index is 13.3. The maximum absolute atomic E-state index is 13.3. The molecule has 1 aliphatic rings. The first-order valence-electron chi connectivity index (χ1n) is 6.14. The van der Waals surface area contributed by atoms with E-state index in [1.54, 1.807) is 19.1 Å². The summed E-state index contributed by atoms with van der Waals surface area (Å²) in [5, 5.41) is 5.94. The van der Waals surface area contributed by atoms with Crippen molar-refractivity contribution in [3.63, 3.8) is 0 Å². The Morgan fingerprint density at radius 2 is 2.00 bits per heavy atom. The van der Waals surface area contributed by atoms with Gasteiger partial charge in [0.05, 0.1) is 6.54 Å². The van der Waals surface area contributed by atoms with Crippen molar-refractivity contribution in [2.45, 2.75) is 6.92 Å². The molecule has 0 unspecified atom stereocenters. The molecule has 1 saturated heterocycles. The van der Waals surface area contributed by atoms with Crippen molar-refractivity contribution < 1.29 is 9.18 Å². The SMILES string of the molecule is Cc1ccc(NC(=O)CN2CCNCC2)cc1F.Cl.Cl. The molecule has 0 saturated carbocycles. The summed E-state index contributed by atoms with van der Waals surface area (Å²) in [6.07, 6.45) is 0. The lowest BCUT2D eigenvalue weighted by Gasteiger charge is -2.26. The highest BCUT2D eigenvalue weighted by atomic mass is 35.5. The minimum absolute atomic E-state index is 0. The molecule has 1 fully saturated rings. The van der Waals surface area contributed by atoms with Crippen LogP contribution in [0.4, 0.5) is 10.1 Å². The van der Waals surface area contributed by atoms with Gasteiger partial charge in [0.25, 0.3) is 0 Å². The number of halogens is 3. The summed E-state index contributed by atoms with van der Waals surface area (Å²) in [5.41, 5.74) is 1.09. The van der Waals surface area contributed by atoms with Crippen molar-refractivity contribution in [1.82, 2.24) is 10.2 Å². The van der Waals surface area contributed by atoms with Crippen LogP contribution >= 0.6 is 24.8 Å². The van der Waals surface area contributed by atoms with Crippen molar-refractivity contribution in [3.05, 3.63) is 29.6 Å². The van der Waals surface area contributed by atoms with Crippen LogP contribution in [0.25, 0.3) is 0 Å². The Labute approximate surface area is 130 Å². The first-order chi connectivity index (χ1) is 8.65. The molecule has 20 heavy (non-hydrogen) atoms. The molecule has 0 bridgehead atoms. The molecule has 0 atom stereocenters. The van der Waals surface area contributed by atoms with Crippen LogP contribution in [0.15, 0.2) is 18.2 Å². The smallest absolute Gasteiger partial charge is 0.238 e. The van der Waals surface area contributed by atoms with E-state index in [2.05, 4.69) is 15.5 Å². The zero-order chi connectivity index (χ0) is 13.0. The van der Waals surface area contributed by atoms with Crippen LogP contribution in [0.2, 0.25) is 0 Å². The van der Waals surface area contributed by atoms with E-state index in [9.17, 15) is 9.18 Å². The number of carbonyl (C=O) groups is 1. The van der Waals surface area contributed by atoms with Crippen molar-refractivity contribution in [3.8, 4) is 0 Å². The van der Waals surface area contributed by atoms with Gasteiger partial charge in [-0.25, -0.2) is 4.39 Å². The predicted molar refractivity (Wildman–Crippen MR) is 83.6 cm³/mol. The molecule has 1 aromatic carbocycles. The van der Waals surface area contributed by atoms with Gasteiger partial charge < -0.3 is 10.6 Å². The van der Waals surface area contributed by atoms with Crippen molar-refractivity contribution in [2.75, 3.05) is 38.0 Å². The molecule has 2 rings (SSSR count). The highest BCUT2D eigenvalue weighted by molar-refractivity contribution is 5.92. The maximum Gasteiger partial charge on any atom is 0.238 e. The summed E-state index contributed by atoms with van der Waals surface area (Å²) >= 11 is 0. The summed E-state index contributed by atoms with van der Waals surface area (Å²) in [5.74, 6) is -0.393. The van der Waals surface area contributed by atoms with E-state index < -0.39 is 0 Å². The van der Waals surface area contributed by atoms with Crippen LogP contribution in [0.3, 0.4) is 0 Å². The zero-order valence-corrected chi connectivity index (χ0v) is 13.0. The summed E-state index contributed by atoms with van der Waals surface area (Å²) in [4.78, 5) is 13.9. The summed E-state index contributed by atoms with van der Waals surface area (Å²) in [6.45, 7) is 5.61. The minimum atomic E-state index is -0.296. The monoisotopic (exact) mass is 323 g/mol. The summed E-state index contributed by atoms with van der Waals surface area (Å²) in [7, 11) is 0. The van der Waals surface area contributed by atoms with E-state index >= 15 is 0 Å². The van der Waals surface area contributed by atoms with Crippen LogP contribution in [0.1, 0.15) is 5.56 Å². The van der Waals surface area contributed by atoms with Gasteiger partial charge in [0.15, 0.2) is 0 Å². The molecule has 0 spiro atoms. The zero-order valence-electron chi connectivity index (χ0n) is 11.3. The average molecular weight is 324 g/mol. The number of amides is 1. The molecule has 0 aliphatic carbocycles. The summed E-state index contributed by atoms with van der Waals surface area (Å²) in [6, 6.07) is 4.73. The molecule has 2 N–H and O–H groups in total. The van der Waals surface area contributed by atoms with Crippen LogP contribution in [0.5, 0.6) is 0 Å². The first-order valence-corrected chi connectivity index (χ1v) is 6.14. The Morgan fingerprint density at radius 3 is 2.60 bits per heavy atom. The molecular weight excluding hydrogens is 304 g/mol. The fraction of sp³-hybridized carbons (Fsp3) is 0.462. The van der Waals surface area contributed by atoms with Gasteiger partial charge in [0.2, 0.25) is 5.91 Å². The van der Waals surface area contributed by atoms with Gasteiger partial charge in [-0.2, -0.15) is 0 Å². The van der Waals surface area contributed by atoms with Gasteiger partial charge in [-0.3, -0.25) is 9.69 Å². The highest BCUT2D eigenvalue weighted by Crippen LogP contribution is 2.13. The van der Waals surface area contributed by atoms with E-state index in [-0.39, 0.29) is 36.5 Å².